The van der Waals surface area contributed by atoms with Crippen molar-refractivity contribution in [3.63, 3.8) is 0 Å². The molecule has 3 heteroatoms. The zero-order chi connectivity index (χ0) is 18.6. The van der Waals surface area contributed by atoms with Crippen molar-refractivity contribution in [2.75, 3.05) is 0 Å². The van der Waals surface area contributed by atoms with Crippen molar-refractivity contribution in [1.82, 2.24) is 4.98 Å². The van der Waals surface area contributed by atoms with Gasteiger partial charge in [-0.15, -0.1) is 0 Å². The molecule has 2 unspecified atom stereocenters. The van der Waals surface area contributed by atoms with Gasteiger partial charge >= 0.3 is 0 Å². The SMILES string of the molecule is CCCCCC1=CC(O)=C(c2ccccc2)C(O)C1(C)c1ccccn1. The van der Waals surface area contributed by atoms with Crippen LogP contribution in [0.15, 0.2) is 72.1 Å². The predicted molar refractivity (Wildman–Crippen MR) is 106 cm³/mol. The van der Waals surface area contributed by atoms with Gasteiger partial charge in [0.05, 0.1) is 17.2 Å². The lowest BCUT2D eigenvalue weighted by Crippen LogP contribution is -2.42. The zero-order valence-electron chi connectivity index (χ0n) is 15.5. The van der Waals surface area contributed by atoms with Gasteiger partial charge in [0, 0.05) is 11.8 Å². The molecule has 3 nitrogen and oxygen atoms in total. The molecule has 1 aliphatic rings. The number of aliphatic hydroxyl groups is 2. The van der Waals surface area contributed by atoms with Gasteiger partial charge in [-0.3, -0.25) is 4.98 Å². The van der Waals surface area contributed by atoms with Crippen molar-refractivity contribution >= 4 is 5.57 Å². The maximum absolute atomic E-state index is 11.4. The number of allylic oxidation sites excluding steroid dienone is 1. The number of aliphatic hydroxyl groups excluding tert-OH is 2. The van der Waals surface area contributed by atoms with Crippen LogP contribution >= 0.6 is 0 Å². The Morgan fingerprint density at radius 1 is 1.04 bits per heavy atom. The molecule has 0 saturated heterocycles. The third-order valence-corrected chi connectivity index (χ3v) is 5.41. The van der Waals surface area contributed by atoms with Gasteiger partial charge in [0.25, 0.3) is 0 Å². The largest absolute Gasteiger partial charge is 0.508 e. The van der Waals surface area contributed by atoms with Gasteiger partial charge in [0.1, 0.15) is 5.76 Å². The van der Waals surface area contributed by atoms with Gasteiger partial charge in [-0.05, 0) is 43.5 Å². The molecule has 0 aliphatic heterocycles. The fourth-order valence-corrected chi connectivity index (χ4v) is 3.79. The Kier molecular flexibility index (Phi) is 5.58. The summed E-state index contributed by atoms with van der Waals surface area (Å²) in [6, 6.07) is 15.4. The fraction of sp³-hybridized carbons (Fsp3) is 0.348. The zero-order valence-corrected chi connectivity index (χ0v) is 15.5. The Morgan fingerprint density at radius 2 is 1.77 bits per heavy atom. The van der Waals surface area contributed by atoms with Crippen molar-refractivity contribution < 1.29 is 10.2 Å². The maximum Gasteiger partial charge on any atom is 0.122 e. The van der Waals surface area contributed by atoms with Crippen LogP contribution in [0.1, 0.15) is 50.8 Å². The molecule has 0 saturated carbocycles. The fourth-order valence-electron chi connectivity index (χ4n) is 3.79. The van der Waals surface area contributed by atoms with Gasteiger partial charge in [-0.25, -0.2) is 0 Å². The van der Waals surface area contributed by atoms with Gasteiger partial charge in [-0.1, -0.05) is 61.7 Å². The van der Waals surface area contributed by atoms with Crippen LogP contribution in [0.25, 0.3) is 5.57 Å². The van der Waals surface area contributed by atoms with E-state index >= 15 is 0 Å². The highest BCUT2D eigenvalue weighted by atomic mass is 16.3. The van der Waals surface area contributed by atoms with E-state index in [2.05, 4.69) is 11.9 Å². The maximum atomic E-state index is 11.4. The molecule has 1 aliphatic carbocycles. The third-order valence-electron chi connectivity index (χ3n) is 5.41. The summed E-state index contributed by atoms with van der Waals surface area (Å²) in [6.45, 7) is 4.21. The molecule has 0 amide bonds. The average Bonchev–Trinajstić information content (AvgIpc) is 2.67. The normalized spacial score (nSPS) is 23.0. The lowest BCUT2D eigenvalue weighted by atomic mass is 9.66. The minimum Gasteiger partial charge on any atom is -0.508 e. The number of nitrogens with zero attached hydrogens (tertiary/aromatic N) is 1. The molecule has 2 N–H and O–H groups in total. The van der Waals surface area contributed by atoms with E-state index in [1.807, 2.05) is 61.5 Å². The number of hydrogen-bond donors (Lipinski definition) is 2. The smallest absolute Gasteiger partial charge is 0.122 e. The van der Waals surface area contributed by atoms with E-state index in [1.54, 1.807) is 6.20 Å². The summed E-state index contributed by atoms with van der Waals surface area (Å²) in [5.41, 5.74) is 2.61. The molecule has 0 radical (unpaired) electrons. The first-order chi connectivity index (χ1) is 12.6. The van der Waals surface area contributed by atoms with E-state index in [4.69, 9.17) is 0 Å². The van der Waals surface area contributed by atoms with Crippen molar-refractivity contribution in [2.24, 2.45) is 0 Å². The van der Waals surface area contributed by atoms with Gasteiger partial charge in [0.15, 0.2) is 0 Å². The minimum atomic E-state index is -0.860. The summed E-state index contributed by atoms with van der Waals surface area (Å²) in [7, 11) is 0. The van der Waals surface area contributed by atoms with Crippen LogP contribution in [0.3, 0.4) is 0 Å². The molecule has 26 heavy (non-hydrogen) atoms. The average molecular weight is 349 g/mol. The standard InChI is InChI=1S/C23H27NO2/c1-3-4-6-13-18-16-19(25)21(17-11-7-5-8-12-17)22(26)23(18,2)20-14-9-10-15-24-20/h5,7-12,14-16,22,25-26H,3-4,6,13H2,1-2H3. The molecule has 0 fully saturated rings. The van der Waals surface area contributed by atoms with Gasteiger partial charge < -0.3 is 10.2 Å². The van der Waals surface area contributed by atoms with Crippen LogP contribution in [-0.4, -0.2) is 21.3 Å². The van der Waals surface area contributed by atoms with Crippen molar-refractivity contribution in [3.8, 4) is 0 Å². The molecular weight excluding hydrogens is 322 g/mol. The molecule has 1 aromatic carbocycles. The number of aromatic nitrogens is 1. The van der Waals surface area contributed by atoms with Crippen LogP contribution in [0.2, 0.25) is 0 Å². The minimum absolute atomic E-state index is 0.156. The predicted octanol–water partition coefficient (Wildman–Crippen LogP) is 5.19. The Labute approximate surface area is 155 Å². The topological polar surface area (TPSA) is 53.4 Å². The van der Waals surface area contributed by atoms with Gasteiger partial charge in [0.2, 0.25) is 0 Å². The van der Waals surface area contributed by atoms with E-state index in [0.717, 1.165) is 42.5 Å². The Balaban J connectivity index is 2.11. The Hall–Kier alpha value is -2.39. The molecular formula is C23H27NO2. The van der Waals surface area contributed by atoms with Gasteiger partial charge in [-0.2, -0.15) is 0 Å². The third kappa shape index (κ3) is 3.32. The summed E-state index contributed by atoms with van der Waals surface area (Å²) >= 11 is 0. The first-order valence-electron chi connectivity index (χ1n) is 9.38. The second kappa shape index (κ2) is 7.88. The second-order valence-electron chi connectivity index (χ2n) is 7.11. The van der Waals surface area contributed by atoms with Crippen LogP contribution in [0.5, 0.6) is 0 Å². The molecule has 3 rings (SSSR count). The van der Waals surface area contributed by atoms with E-state index in [1.165, 1.54) is 0 Å². The molecule has 0 bridgehead atoms. The van der Waals surface area contributed by atoms with Crippen LogP contribution < -0.4 is 0 Å². The monoisotopic (exact) mass is 349 g/mol. The number of hydrogen-bond acceptors (Lipinski definition) is 3. The Bertz CT molecular complexity index is 795. The molecule has 1 heterocycles. The quantitative estimate of drug-likeness (QED) is 0.706. The summed E-state index contributed by atoms with van der Waals surface area (Å²) < 4.78 is 0. The number of pyridine rings is 1. The van der Waals surface area contributed by atoms with E-state index in [-0.39, 0.29) is 5.76 Å². The van der Waals surface area contributed by atoms with E-state index in [0.29, 0.717) is 5.57 Å². The number of unbranched alkanes of at least 4 members (excludes halogenated alkanes) is 2. The van der Waals surface area contributed by atoms with E-state index in [9.17, 15) is 10.2 Å². The summed E-state index contributed by atoms with van der Waals surface area (Å²) in [5.74, 6) is 0.156. The first kappa shape index (κ1) is 18.4. The lowest BCUT2D eigenvalue weighted by molar-refractivity contribution is 0.151. The van der Waals surface area contributed by atoms with E-state index < -0.39 is 11.5 Å². The molecule has 0 spiro atoms. The lowest BCUT2D eigenvalue weighted by Gasteiger charge is -2.41. The second-order valence-corrected chi connectivity index (χ2v) is 7.11. The number of rotatable bonds is 6. The molecule has 1 aromatic heterocycles. The summed E-state index contributed by atoms with van der Waals surface area (Å²) in [6.07, 6.45) is 6.88. The summed E-state index contributed by atoms with van der Waals surface area (Å²) in [4.78, 5) is 4.55. The highest BCUT2D eigenvalue weighted by Gasteiger charge is 2.45. The highest BCUT2D eigenvalue weighted by Crippen LogP contribution is 2.46. The van der Waals surface area contributed by atoms with Crippen LogP contribution in [0, 0.1) is 0 Å². The number of benzene rings is 1. The van der Waals surface area contributed by atoms with Crippen LogP contribution in [-0.2, 0) is 5.41 Å². The molecule has 136 valence electrons. The molecule has 2 atom stereocenters. The first-order valence-corrected chi connectivity index (χ1v) is 9.38. The summed E-state index contributed by atoms with van der Waals surface area (Å²) in [5, 5.41) is 22.1. The Morgan fingerprint density at radius 3 is 2.42 bits per heavy atom. The van der Waals surface area contributed by atoms with Crippen LogP contribution in [0.4, 0.5) is 0 Å². The van der Waals surface area contributed by atoms with Crippen molar-refractivity contribution in [2.45, 2.75) is 51.0 Å². The van der Waals surface area contributed by atoms with Crippen molar-refractivity contribution in [1.29, 1.82) is 0 Å². The highest BCUT2D eigenvalue weighted by molar-refractivity contribution is 5.77. The van der Waals surface area contributed by atoms with Crippen molar-refractivity contribution in [3.05, 3.63) is 83.4 Å². The molecule has 2 aromatic rings.